The molecule has 12 rings (SSSR count). The van der Waals surface area contributed by atoms with E-state index in [4.69, 9.17) is 9.47 Å². The number of hydrogen-bond donors (Lipinski definition) is 2. The highest BCUT2D eigenvalue weighted by atomic mass is 19.3. The number of halogens is 6. The van der Waals surface area contributed by atoms with Gasteiger partial charge in [-0.1, -0.05) is 100 Å². The fourth-order valence-corrected chi connectivity index (χ4v) is 11.7. The molecule has 0 amide bonds. The first-order valence-electron chi connectivity index (χ1n) is 28.8. The molecule has 88 heavy (non-hydrogen) atoms. The first kappa shape index (κ1) is 61.4. The number of ether oxygens (including phenoxy) is 6. The number of carbonyl (C=O) groups excluding carboxylic acids is 4. The molecule has 0 saturated heterocycles. The lowest BCUT2D eigenvalue weighted by atomic mass is 9.87. The standard InChI is InChI=1S/C41H38F3NO6.C27H26F3NO6/c1-39(2,26-49-24-28-11-7-4-8-12-28)37-18-30-17-29(19-38(47)40(15-16-40)31-13-14-35-36(20-31)51-41(43,44)50-35)33(42)21-34(30)45(37)22-32(46)25-48-23-27-9-5-3-6-10-27;1-25(2,14-33)23-8-16-7-15(19(28)11-20(16)31(23)12-18(34)13-32)9-24(35)26(5-6-26)17-3-4-21-22(10-17)37-27(29,30)36-21/h3-14,17-18,20-21H,15-16,19,22-26H2,1-2H3;3-4,7-8,10-11,32-33H,5-6,9,12-14H2,1-2H3. The number of benzene rings is 6. The zero-order valence-corrected chi connectivity index (χ0v) is 48.7. The molecule has 2 aliphatic carbocycles. The van der Waals surface area contributed by atoms with E-state index in [0.717, 1.165) is 16.8 Å². The van der Waals surface area contributed by atoms with Crippen molar-refractivity contribution in [3.8, 4) is 23.0 Å². The molecule has 0 spiro atoms. The number of alkyl halides is 4. The number of aliphatic hydroxyl groups is 2. The van der Waals surface area contributed by atoms with Gasteiger partial charge < -0.3 is 47.8 Å². The van der Waals surface area contributed by atoms with Crippen LogP contribution in [-0.2, 0) is 89.5 Å². The van der Waals surface area contributed by atoms with Crippen molar-refractivity contribution in [3.05, 3.63) is 190 Å². The molecule has 14 nitrogen and oxygen atoms in total. The molecule has 6 aromatic carbocycles. The summed E-state index contributed by atoms with van der Waals surface area (Å²) in [4.78, 5) is 52.5. The monoisotopic (exact) mass is 1210 g/mol. The second kappa shape index (κ2) is 23.7. The average molecular weight is 1220 g/mol. The lowest BCUT2D eigenvalue weighted by Gasteiger charge is -2.27. The Hall–Kier alpha value is -8.30. The molecule has 460 valence electrons. The third-order valence-electron chi connectivity index (χ3n) is 16.9. The highest BCUT2D eigenvalue weighted by molar-refractivity contribution is 5.97. The van der Waals surface area contributed by atoms with Crippen molar-refractivity contribution >= 4 is 44.9 Å². The highest BCUT2D eigenvalue weighted by Gasteiger charge is 2.54. The van der Waals surface area contributed by atoms with Gasteiger partial charge in [-0.25, -0.2) is 8.78 Å². The normalized spacial score (nSPS) is 16.3. The molecule has 2 aliphatic heterocycles. The molecule has 2 aromatic heterocycles. The topological polar surface area (TPSA) is 174 Å². The predicted octanol–water partition coefficient (Wildman–Crippen LogP) is 12.0. The Morgan fingerprint density at radius 3 is 1.38 bits per heavy atom. The highest BCUT2D eigenvalue weighted by Crippen LogP contribution is 2.54. The summed E-state index contributed by atoms with van der Waals surface area (Å²) < 4.78 is 119. The fraction of sp³-hybridized carbons (Fsp3) is 0.353. The Kier molecular flexibility index (Phi) is 16.5. The van der Waals surface area contributed by atoms with E-state index in [1.807, 2.05) is 85.1 Å². The van der Waals surface area contributed by atoms with Gasteiger partial charge in [-0.05, 0) is 120 Å². The minimum absolute atomic E-state index is 0.0419. The maximum Gasteiger partial charge on any atom is 0.586 e. The Bertz CT molecular complexity index is 4000. The van der Waals surface area contributed by atoms with E-state index in [9.17, 15) is 47.0 Å². The number of aromatic nitrogens is 2. The molecule has 4 aliphatic rings. The minimum Gasteiger partial charge on any atom is -0.395 e. The van der Waals surface area contributed by atoms with Gasteiger partial charge >= 0.3 is 12.6 Å². The molecule has 0 radical (unpaired) electrons. The zero-order chi connectivity index (χ0) is 62.6. The summed E-state index contributed by atoms with van der Waals surface area (Å²) >= 11 is 0. The Balaban J connectivity index is 0.000000191. The van der Waals surface area contributed by atoms with Crippen LogP contribution in [0.2, 0.25) is 0 Å². The van der Waals surface area contributed by atoms with Crippen LogP contribution in [0.1, 0.15) is 98.1 Å². The summed E-state index contributed by atoms with van der Waals surface area (Å²) in [6.07, 6.45) is -5.91. The van der Waals surface area contributed by atoms with Gasteiger partial charge in [0.25, 0.3) is 0 Å². The van der Waals surface area contributed by atoms with Gasteiger partial charge in [0.15, 0.2) is 34.6 Å². The maximum atomic E-state index is 15.9. The SMILES string of the molecule is CC(C)(CO)c1cc2cc(CC(=O)C3(c4ccc5c(c4)OC(F)(F)O5)CC3)c(F)cc2n1CC(=O)CO.CC(C)(COCc1ccccc1)c1cc2cc(CC(=O)C3(c4ccc5c(c4)OC(F)(F)O5)CC3)c(F)cc2n1CC(=O)COCc1ccccc1. The van der Waals surface area contributed by atoms with E-state index in [-0.39, 0.29) is 97.2 Å². The molecule has 2 N–H and O–H groups in total. The van der Waals surface area contributed by atoms with E-state index in [1.54, 1.807) is 48.7 Å². The summed E-state index contributed by atoms with van der Waals surface area (Å²) in [6, 6.07) is 37.5. The fourth-order valence-electron chi connectivity index (χ4n) is 11.7. The van der Waals surface area contributed by atoms with Crippen molar-refractivity contribution in [2.45, 2.75) is 127 Å². The minimum atomic E-state index is -3.77. The summed E-state index contributed by atoms with van der Waals surface area (Å²) in [5.74, 6) is -2.81. The first-order chi connectivity index (χ1) is 41.8. The van der Waals surface area contributed by atoms with Gasteiger partial charge in [-0.15, -0.1) is 17.6 Å². The quantitative estimate of drug-likeness (QED) is 0.0549. The number of Topliss-reactive ketones (excluding diaryl/α,β-unsaturated/α-hetero) is 4. The number of rotatable bonds is 24. The second-order valence-corrected chi connectivity index (χ2v) is 24.4. The van der Waals surface area contributed by atoms with Crippen molar-refractivity contribution < 1.29 is 84.2 Å². The van der Waals surface area contributed by atoms with Crippen molar-refractivity contribution in [1.82, 2.24) is 9.13 Å². The lowest BCUT2D eigenvalue weighted by Crippen LogP contribution is -2.29. The van der Waals surface area contributed by atoms with Gasteiger partial charge in [-0.3, -0.25) is 19.2 Å². The van der Waals surface area contributed by atoms with Crippen molar-refractivity contribution in [2.75, 3.05) is 26.4 Å². The van der Waals surface area contributed by atoms with Crippen LogP contribution in [0.25, 0.3) is 21.8 Å². The van der Waals surface area contributed by atoms with Gasteiger partial charge in [0.05, 0.1) is 61.4 Å². The molecule has 2 fully saturated rings. The Morgan fingerprint density at radius 1 is 0.523 bits per heavy atom. The number of aliphatic hydroxyl groups excluding tert-OH is 2. The van der Waals surface area contributed by atoms with Crippen LogP contribution in [0, 0.1) is 11.6 Å². The van der Waals surface area contributed by atoms with Crippen LogP contribution in [0.15, 0.2) is 133 Å². The van der Waals surface area contributed by atoms with Gasteiger partial charge in [0.2, 0.25) is 0 Å². The van der Waals surface area contributed by atoms with E-state index in [2.05, 4.69) is 18.9 Å². The Morgan fingerprint density at radius 2 is 0.943 bits per heavy atom. The molecular weight excluding hydrogens is 1150 g/mol. The first-order valence-corrected chi connectivity index (χ1v) is 28.8. The zero-order valence-electron chi connectivity index (χ0n) is 48.7. The summed E-state index contributed by atoms with van der Waals surface area (Å²) in [5.41, 5.74) is 2.53. The van der Waals surface area contributed by atoms with Crippen molar-refractivity contribution in [2.24, 2.45) is 0 Å². The second-order valence-electron chi connectivity index (χ2n) is 24.4. The molecule has 20 heteroatoms. The molecular formula is C68H64F6N2O12. The maximum absolute atomic E-state index is 15.9. The number of ketones is 4. The van der Waals surface area contributed by atoms with E-state index < -0.39 is 58.3 Å². The molecule has 0 atom stereocenters. The van der Waals surface area contributed by atoms with Crippen LogP contribution in [0.5, 0.6) is 23.0 Å². The van der Waals surface area contributed by atoms with Crippen LogP contribution < -0.4 is 18.9 Å². The Labute approximate surface area is 502 Å². The number of carbonyl (C=O) groups is 4. The summed E-state index contributed by atoms with van der Waals surface area (Å²) in [5, 5.41) is 20.4. The average Bonchev–Trinajstić information content (AvgIpc) is 1.66. The van der Waals surface area contributed by atoms with E-state index in [1.165, 1.54) is 36.4 Å². The molecule has 0 bridgehead atoms. The number of hydrogen-bond acceptors (Lipinski definition) is 12. The van der Waals surface area contributed by atoms with E-state index >= 15 is 8.78 Å². The number of fused-ring (bicyclic) bond motifs is 4. The van der Waals surface area contributed by atoms with Crippen LogP contribution in [-0.4, -0.2) is 81.5 Å². The molecule has 8 aromatic rings. The molecule has 0 unspecified atom stereocenters. The molecule has 2 saturated carbocycles. The van der Waals surface area contributed by atoms with Gasteiger partial charge in [0, 0.05) is 45.8 Å². The summed E-state index contributed by atoms with van der Waals surface area (Å²) in [7, 11) is 0. The van der Waals surface area contributed by atoms with Crippen LogP contribution >= 0.6 is 0 Å². The van der Waals surface area contributed by atoms with Crippen molar-refractivity contribution in [3.63, 3.8) is 0 Å². The lowest BCUT2D eigenvalue weighted by molar-refractivity contribution is -0.287. The van der Waals surface area contributed by atoms with Crippen LogP contribution in [0.3, 0.4) is 0 Å². The van der Waals surface area contributed by atoms with E-state index in [0.29, 0.717) is 77.5 Å². The van der Waals surface area contributed by atoms with Gasteiger partial charge in [-0.2, -0.15) is 0 Å². The summed E-state index contributed by atoms with van der Waals surface area (Å²) in [6.45, 7) is 7.35. The van der Waals surface area contributed by atoms with Crippen molar-refractivity contribution in [1.29, 1.82) is 0 Å². The number of nitrogens with zero attached hydrogens (tertiary/aromatic N) is 2. The van der Waals surface area contributed by atoms with Gasteiger partial charge in [0.1, 0.15) is 36.4 Å². The third kappa shape index (κ3) is 12.7. The molecule has 4 heterocycles. The third-order valence-corrected chi connectivity index (χ3v) is 16.9. The predicted molar refractivity (Wildman–Crippen MR) is 311 cm³/mol. The smallest absolute Gasteiger partial charge is 0.395 e. The largest absolute Gasteiger partial charge is 0.586 e. The van der Waals surface area contributed by atoms with Crippen LogP contribution in [0.4, 0.5) is 26.3 Å².